The Morgan fingerprint density at radius 2 is 1.66 bits per heavy atom. The number of fused-ring (bicyclic) bond motifs is 1. The zero-order chi connectivity index (χ0) is 26.7. The lowest BCUT2D eigenvalue weighted by Gasteiger charge is -2.38. The van der Waals surface area contributed by atoms with Crippen molar-refractivity contribution in [3.63, 3.8) is 0 Å². The van der Waals surface area contributed by atoms with E-state index in [0.29, 0.717) is 37.4 Å². The number of rotatable bonds is 6. The summed E-state index contributed by atoms with van der Waals surface area (Å²) in [7, 11) is -3.74. The average molecular weight is 599 g/mol. The zero-order valence-corrected chi connectivity index (χ0v) is 23.0. The summed E-state index contributed by atoms with van der Waals surface area (Å²) in [6.07, 6.45) is 0.248. The first-order chi connectivity index (χ1) is 18.3. The van der Waals surface area contributed by atoms with E-state index in [0.717, 1.165) is 10.0 Å². The molecule has 2 atom stereocenters. The van der Waals surface area contributed by atoms with Gasteiger partial charge in [-0.25, -0.2) is 8.42 Å². The molecule has 2 amide bonds. The van der Waals surface area contributed by atoms with Gasteiger partial charge >= 0.3 is 0 Å². The molecule has 3 aromatic carbocycles. The van der Waals surface area contributed by atoms with Gasteiger partial charge in [0.2, 0.25) is 15.9 Å². The van der Waals surface area contributed by atoms with Gasteiger partial charge < -0.3 is 15.0 Å². The summed E-state index contributed by atoms with van der Waals surface area (Å²) in [5.41, 5.74) is 1.54. The zero-order valence-electron chi connectivity index (χ0n) is 20.6. The molecule has 38 heavy (non-hydrogen) atoms. The van der Waals surface area contributed by atoms with Crippen molar-refractivity contribution in [3.05, 3.63) is 88.9 Å². The number of anilines is 1. The van der Waals surface area contributed by atoms with Crippen molar-refractivity contribution in [1.29, 1.82) is 0 Å². The number of halogens is 1. The Balaban J connectivity index is 1.32. The van der Waals surface area contributed by atoms with E-state index in [1.165, 1.54) is 4.31 Å². The van der Waals surface area contributed by atoms with E-state index in [9.17, 15) is 18.0 Å². The summed E-state index contributed by atoms with van der Waals surface area (Å²) in [6.45, 7) is 0.834. The van der Waals surface area contributed by atoms with Crippen molar-refractivity contribution < 1.29 is 22.7 Å². The Labute approximate surface area is 230 Å². The molecule has 1 saturated heterocycles. The third-order valence-electron chi connectivity index (χ3n) is 6.83. The minimum atomic E-state index is -3.74. The van der Waals surface area contributed by atoms with E-state index in [1.807, 2.05) is 36.4 Å². The molecule has 5 rings (SSSR count). The highest BCUT2D eigenvalue weighted by Crippen LogP contribution is 2.35. The van der Waals surface area contributed by atoms with Crippen LogP contribution >= 0.6 is 15.9 Å². The summed E-state index contributed by atoms with van der Waals surface area (Å²) >= 11 is 3.33. The molecule has 3 aromatic rings. The van der Waals surface area contributed by atoms with Gasteiger partial charge in [0.25, 0.3) is 5.91 Å². The average Bonchev–Trinajstić information content (AvgIpc) is 2.95. The number of hydrogen-bond acceptors (Lipinski definition) is 5. The number of para-hydroxylation sites is 2. The van der Waals surface area contributed by atoms with Gasteiger partial charge in [-0.15, -0.1) is 0 Å². The molecule has 2 heterocycles. The first-order valence-corrected chi connectivity index (χ1v) is 14.7. The Kier molecular flexibility index (Phi) is 7.83. The lowest BCUT2D eigenvalue weighted by Crippen LogP contribution is -2.53. The molecule has 2 aliphatic heterocycles. The van der Waals surface area contributed by atoms with E-state index in [1.54, 1.807) is 47.4 Å². The highest BCUT2D eigenvalue weighted by atomic mass is 79.9. The van der Waals surface area contributed by atoms with Gasteiger partial charge in [0, 0.05) is 24.1 Å². The number of ether oxygens (including phenoxy) is 1. The first-order valence-electron chi connectivity index (χ1n) is 12.5. The molecule has 8 nitrogen and oxygen atoms in total. The molecule has 0 aliphatic carbocycles. The van der Waals surface area contributed by atoms with Gasteiger partial charge in [0.1, 0.15) is 5.75 Å². The fourth-order valence-corrected chi connectivity index (χ4v) is 6.60. The van der Waals surface area contributed by atoms with E-state index in [2.05, 4.69) is 21.2 Å². The summed E-state index contributed by atoms with van der Waals surface area (Å²) < 4.78 is 34.7. The number of amides is 2. The van der Waals surface area contributed by atoms with Crippen LogP contribution in [0.25, 0.3) is 0 Å². The van der Waals surface area contributed by atoms with Crippen LogP contribution in [-0.4, -0.2) is 50.3 Å². The highest BCUT2D eigenvalue weighted by Gasteiger charge is 2.39. The van der Waals surface area contributed by atoms with Crippen LogP contribution < -0.4 is 15.0 Å². The minimum absolute atomic E-state index is 0.0480. The van der Waals surface area contributed by atoms with Gasteiger partial charge in [-0.2, -0.15) is 4.31 Å². The predicted octanol–water partition coefficient (Wildman–Crippen LogP) is 3.96. The summed E-state index contributed by atoms with van der Waals surface area (Å²) in [5.74, 6) is -0.614. The van der Waals surface area contributed by atoms with Gasteiger partial charge in [-0.1, -0.05) is 58.4 Å². The van der Waals surface area contributed by atoms with Crippen LogP contribution in [0.15, 0.2) is 88.2 Å². The number of nitrogens with one attached hydrogen (secondary N) is 1. The predicted molar refractivity (Wildman–Crippen MR) is 147 cm³/mol. The fourth-order valence-electron chi connectivity index (χ4n) is 4.82. The molecular weight excluding hydrogens is 570 g/mol. The highest BCUT2D eigenvalue weighted by molar-refractivity contribution is 9.10. The van der Waals surface area contributed by atoms with Crippen molar-refractivity contribution in [2.75, 3.05) is 24.5 Å². The Morgan fingerprint density at radius 3 is 2.42 bits per heavy atom. The number of sulfonamides is 1. The third kappa shape index (κ3) is 5.62. The van der Waals surface area contributed by atoms with E-state index < -0.39 is 22.0 Å². The molecule has 10 heteroatoms. The lowest BCUT2D eigenvalue weighted by molar-refractivity contribution is -0.129. The number of hydrogen-bond donors (Lipinski definition) is 1. The SMILES string of the molecule is O=C(NCc1ccccc1)[C@H]1CN(C(=O)[C@H]2CCCN(S(=O)(=O)c3ccc(Br)cc3)C2)c2ccccc2O1. The number of piperidine rings is 1. The number of nitrogens with zero attached hydrogens (tertiary/aromatic N) is 2. The molecule has 0 unspecified atom stereocenters. The molecule has 0 aromatic heterocycles. The van der Waals surface area contributed by atoms with Gasteiger partial charge in [-0.05, 0) is 54.8 Å². The maximum Gasteiger partial charge on any atom is 0.263 e. The van der Waals surface area contributed by atoms with Gasteiger partial charge in [0.15, 0.2) is 6.10 Å². The van der Waals surface area contributed by atoms with Crippen LogP contribution in [0.3, 0.4) is 0 Å². The van der Waals surface area contributed by atoms with Gasteiger partial charge in [0.05, 0.1) is 23.0 Å². The molecule has 0 radical (unpaired) electrons. The number of benzene rings is 3. The van der Waals surface area contributed by atoms with Crippen LogP contribution in [0.4, 0.5) is 5.69 Å². The normalized spacial score (nSPS) is 19.8. The lowest BCUT2D eigenvalue weighted by atomic mass is 9.97. The molecule has 198 valence electrons. The Morgan fingerprint density at radius 1 is 0.947 bits per heavy atom. The van der Waals surface area contributed by atoms with Crippen LogP contribution in [0.1, 0.15) is 18.4 Å². The summed E-state index contributed by atoms with van der Waals surface area (Å²) in [5, 5.41) is 2.89. The molecular formula is C28H28BrN3O5S. The Bertz CT molecular complexity index is 1420. The topological polar surface area (TPSA) is 96.0 Å². The number of carbonyl (C=O) groups excluding carboxylic acids is 2. The standard InChI is InChI=1S/C28H28BrN3O5S/c29-22-12-14-23(15-13-22)38(35,36)31-16-6-9-21(18-31)28(34)32-19-26(37-25-11-5-4-10-24(25)32)27(33)30-17-20-7-2-1-3-8-20/h1-5,7-8,10-15,21,26H,6,9,16-19H2,(H,30,33)/t21-,26+/m0/s1. The van der Waals surface area contributed by atoms with Crippen molar-refractivity contribution in [2.24, 2.45) is 5.92 Å². The largest absolute Gasteiger partial charge is 0.477 e. The quantitative estimate of drug-likeness (QED) is 0.464. The van der Waals surface area contributed by atoms with Crippen LogP contribution in [0.2, 0.25) is 0 Å². The van der Waals surface area contributed by atoms with Crippen molar-refractivity contribution >= 4 is 43.5 Å². The second-order valence-electron chi connectivity index (χ2n) is 9.38. The van der Waals surface area contributed by atoms with Crippen LogP contribution in [0.5, 0.6) is 5.75 Å². The van der Waals surface area contributed by atoms with E-state index in [-0.39, 0.29) is 29.8 Å². The second-order valence-corrected chi connectivity index (χ2v) is 12.2. The first kappa shape index (κ1) is 26.4. The Hall–Kier alpha value is -3.21. The number of carbonyl (C=O) groups is 2. The summed E-state index contributed by atoms with van der Waals surface area (Å²) in [6, 6.07) is 23.2. The van der Waals surface area contributed by atoms with Crippen molar-refractivity contribution in [2.45, 2.75) is 30.4 Å². The molecule has 1 N–H and O–H groups in total. The van der Waals surface area contributed by atoms with Gasteiger partial charge in [-0.3, -0.25) is 9.59 Å². The minimum Gasteiger partial charge on any atom is -0.477 e. The second kappa shape index (κ2) is 11.3. The monoisotopic (exact) mass is 597 g/mol. The van der Waals surface area contributed by atoms with E-state index in [4.69, 9.17) is 4.74 Å². The van der Waals surface area contributed by atoms with Crippen LogP contribution in [-0.2, 0) is 26.2 Å². The van der Waals surface area contributed by atoms with E-state index >= 15 is 0 Å². The maximum absolute atomic E-state index is 13.8. The fraction of sp³-hybridized carbons (Fsp3) is 0.286. The molecule has 1 fully saturated rings. The molecule has 2 aliphatic rings. The summed E-state index contributed by atoms with van der Waals surface area (Å²) in [4.78, 5) is 28.6. The van der Waals surface area contributed by atoms with Crippen molar-refractivity contribution in [3.8, 4) is 5.75 Å². The molecule has 0 spiro atoms. The molecule has 0 saturated carbocycles. The smallest absolute Gasteiger partial charge is 0.263 e. The van der Waals surface area contributed by atoms with Crippen molar-refractivity contribution in [1.82, 2.24) is 9.62 Å². The maximum atomic E-state index is 13.8. The molecule has 0 bridgehead atoms. The third-order valence-corrected chi connectivity index (χ3v) is 9.23. The van der Waals surface area contributed by atoms with Crippen LogP contribution in [0, 0.1) is 5.92 Å².